The molecule has 0 bridgehead atoms. The second-order valence-corrected chi connectivity index (χ2v) is 13.9. The van der Waals surface area contributed by atoms with Crippen molar-refractivity contribution in [1.29, 1.82) is 0 Å². The normalized spacial score (nSPS) is 14.7. The molecule has 0 saturated heterocycles. The molecule has 244 valence electrons. The maximum atomic E-state index is 6.46. The van der Waals surface area contributed by atoms with Crippen LogP contribution in [0.25, 0.3) is 93.2 Å². The van der Waals surface area contributed by atoms with Crippen LogP contribution < -0.4 is 0 Å². The molecule has 1 unspecified atom stereocenters. The molecule has 1 atom stereocenters. The summed E-state index contributed by atoms with van der Waals surface area (Å²) in [5.41, 5.74) is 12.1. The lowest BCUT2D eigenvalue weighted by atomic mass is 9.80. The summed E-state index contributed by atoms with van der Waals surface area (Å²) >= 11 is 0. The molecule has 52 heavy (non-hydrogen) atoms. The van der Waals surface area contributed by atoms with Gasteiger partial charge in [-0.25, -0.2) is 0 Å². The van der Waals surface area contributed by atoms with Gasteiger partial charge in [0.05, 0.1) is 0 Å². The average molecular weight is 665 g/mol. The van der Waals surface area contributed by atoms with Gasteiger partial charge >= 0.3 is 0 Å². The Morgan fingerprint density at radius 1 is 0.404 bits per heavy atom. The molecule has 0 saturated carbocycles. The number of hydrogen-bond acceptors (Lipinski definition) is 2. The molecule has 8 aromatic carbocycles. The van der Waals surface area contributed by atoms with Gasteiger partial charge < -0.3 is 8.83 Å². The van der Waals surface area contributed by atoms with E-state index < -0.39 is 0 Å². The van der Waals surface area contributed by atoms with Crippen LogP contribution in [0.5, 0.6) is 0 Å². The van der Waals surface area contributed by atoms with Gasteiger partial charge in [0.2, 0.25) is 0 Å². The van der Waals surface area contributed by atoms with E-state index in [0.29, 0.717) is 5.92 Å². The summed E-state index contributed by atoms with van der Waals surface area (Å²) < 4.78 is 12.8. The lowest BCUT2D eigenvalue weighted by Crippen LogP contribution is -2.02. The van der Waals surface area contributed by atoms with Crippen LogP contribution >= 0.6 is 0 Å². The van der Waals surface area contributed by atoms with Gasteiger partial charge in [-0.05, 0) is 103 Å². The van der Waals surface area contributed by atoms with Crippen molar-refractivity contribution in [3.8, 4) is 22.3 Å². The first-order chi connectivity index (χ1) is 25.8. The fourth-order valence-corrected chi connectivity index (χ4v) is 8.60. The molecule has 0 spiro atoms. The van der Waals surface area contributed by atoms with Crippen molar-refractivity contribution < 1.29 is 8.83 Å². The van der Waals surface area contributed by atoms with Gasteiger partial charge in [-0.2, -0.15) is 0 Å². The van der Waals surface area contributed by atoms with Gasteiger partial charge in [0.25, 0.3) is 0 Å². The summed E-state index contributed by atoms with van der Waals surface area (Å²) in [5.74, 6) is 0.292. The van der Waals surface area contributed by atoms with Gasteiger partial charge in [0.1, 0.15) is 11.2 Å². The Morgan fingerprint density at radius 3 is 1.69 bits per heavy atom. The predicted molar refractivity (Wildman–Crippen MR) is 218 cm³/mol. The van der Waals surface area contributed by atoms with Crippen molar-refractivity contribution in [3.05, 3.63) is 187 Å². The van der Waals surface area contributed by atoms with Gasteiger partial charge in [-0.15, -0.1) is 0 Å². The van der Waals surface area contributed by atoms with E-state index in [-0.39, 0.29) is 0 Å². The van der Waals surface area contributed by atoms with E-state index in [9.17, 15) is 0 Å². The molecule has 1 aliphatic carbocycles. The van der Waals surface area contributed by atoms with E-state index in [2.05, 4.69) is 158 Å². The maximum absolute atomic E-state index is 6.46. The molecule has 10 aromatic rings. The molecule has 1 aliphatic rings. The lowest BCUT2D eigenvalue weighted by molar-refractivity contribution is 0.633. The number of allylic oxidation sites excluding steroid dienone is 4. The first kappa shape index (κ1) is 29.1. The molecule has 2 nitrogen and oxygen atoms in total. The van der Waals surface area contributed by atoms with Crippen molar-refractivity contribution >= 4 is 71.0 Å². The Bertz CT molecular complexity index is 3040. The average Bonchev–Trinajstić information content (AvgIpc) is 3.79. The largest absolute Gasteiger partial charge is 0.452 e. The van der Waals surface area contributed by atoms with Crippen molar-refractivity contribution in [2.24, 2.45) is 0 Å². The lowest BCUT2D eigenvalue weighted by Gasteiger charge is -2.23. The Morgan fingerprint density at radius 2 is 0.981 bits per heavy atom. The van der Waals surface area contributed by atoms with E-state index >= 15 is 0 Å². The summed E-state index contributed by atoms with van der Waals surface area (Å²) in [7, 11) is 0. The summed E-state index contributed by atoms with van der Waals surface area (Å²) in [6.45, 7) is 0. The molecule has 2 heteroatoms. The maximum Gasteiger partial charge on any atom is 0.178 e. The second-order valence-electron chi connectivity index (χ2n) is 13.9. The number of rotatable bonds is 4. The number of furan rings is 2. The first-order valence-corrected chi connectivity index (χ1v) is 18.0. The van der Waals surface area contributed by atoms with Gasteiger partial charge in [-0.1, -0.05) is 140 Å². The quantitative estimate of drug-likeness (QED) is 0.175. The van der Waals surface area contributed by atoms with Crippen molar-refractivity contribution in [2.45, 2.75) is 12.3 Å². The Kier molecular flexibility index (Phi) is 6.41. The summed E-state index contributed by atoms with van der Waals surface area (Å²) in [6, 6.07) is 56.7. The minimum atomic E-state index is 0.292. The highest BCUT2D eigenvalue weighted by atomic mass is 16.4. The highest BCUT2D eigenvalue weighted by Gasteiger charge is 2.22. The monoisotopic (exact) mass is 664 g/mol. The number of benzene rings is 8. The first-order valence-electron chi connectivity index (χ1n) is 18.0. The molecular weight excluding hydrogens is 633 g/mol. The van der Waals surface area contributed by atoms with Crippen molar-refractivity contribution in [3.63, 3.8) is 0 Å². The third-order valence-electron chi connectivity index (χ3n) is 11.0. The van der Waals surface area contributed by atoms with E-state index in [1.165, 1.54) is 54.9 Å². The molecule has 0 radical (unpaired) electrons. The Hall–Kier alpha value is -6.64. The van der Waals surface area contributed by atoms with Crippen molar-refractivity contribution in [1.82, 2.24) is 0 Å². The van der Waals surface area contributed by atoms with Gasteiger partial charge in [0, 0.05) is 27.5 Å². The van der Waals surface area contributed by atoms with Crippen LogP contribution in [-0.4, -0.2) is 0 Å². The Balaban J connectivity index is 1.04. The Labute approximate surface area is 300 Å². The topological polar surface area (TPSA) is 26.3 Å². The summed E-state index contributed by atoms with van der Waals surface area (Å²) in [4.78, 5) is 0. The van der Waals surface area contributed by atoms with E-state index in [1.54, 1.807) is 0 Å². The van der Waals surface area contributed by atoms with Gasteiger partial charge in [-0.3, -0.25) is 0 Å². The van der Waals surface area contributed by atoms with Crippen LogP contribution in [0.2, 0.25) is 0 Å². The van der Waals surface area contributed by atoms with Crippen LogP contribution in [0.1, 0.15) is 23.5 Å². The molecule has 2 aromatic heterocycles. The molecule has 0 N–H and O–H groups in total. The van der Waals surface area contributed by atoms with Gasteiger partial charge in [0.15, 0.2) is 11.2 Å². The second kappa shape index (κ2) is 11.4. The van der Waals surface area contributed by atoms with Crippen LogP contribution in [0, 0.1) is 0 Å². The molecule has 2 heterocycles. The zero-order valence-corrected chi connectivity index (χ0v) is 28.3. The zero-order chi connectivity index (χ0) is 34.2. The molecule has 0 amide bonds. The van der Waals surface area contributed by atoms with Crippen molar-refractivity contribution in [2.75, 3.05) is 0 Å². The summed E-state index contributed by atoms with van der Waals surface area (Å²) in [6.07, 6.45) is 8.09. The van der Waals surface area contributed by atoms with Crippen LogP contribution in [0.3, 0.4) is 0 Å². The standard InChI is InChI=1S/C50H32O2/c1-2-11-31(12-3-1)32-21-23-33(24-22-32)47-38-16-4-6-18-40(38)48(41-19-7-5-17-39(41)47)36-14-10-13-34(29-36)35-25-28-46-44(30-35)43-27-26-42-37-15-8-9-20-45(37)51-49(42)50(43)52-46/h1-23,25-30,33H,24H2. The van der Waals surface area contributed by atoms with E-state index in [4.69, 9.17) is 8.83 Å². The number of fused-ring (bicyclic) bond motifs is 9. The van der Waals surface area contributed by atoms with E-state index in [1.807, 2.05) is 18.2 Å². The van der Waals surface area contributed by atoms with Crippen LogP contribution in [-0.2, 0) is 0 Å². The fraction of sp³-hybridized carbons (Fsp3) is 0.0400. The third-order valence-corrected chi connectivity index (χ3v) is 11.0. The highest BCUT2D eigenvalue weighted by molar-refractivity contribution is 6.19. The smallest absolute Gasteiger partial charge is 0.178 e. The summed E-state index contributed by atoms with van der Waals surface area (Å²) in [5, 5.41) is 9.53. The minimum Gasteiger partial charge on any atom is -0.452 e. The molecule has 0 fully saturated rings. The number of para-hydroxylation sites is 1. The third kappa shape index (κ3) is 4.44. The fourth-order valence-electron chi connectivity index (χ4n) is 8.60. The zero-order valence-electron chi connectivity index (χ0n) is 28.3. The predicted octanol–water partition coefficient (Wildman–Crippen LogP) is 14.3. The van der Waals surface area contributed by atoms with E-state index in [0.717, 1.165) is 55.9 Å². The molecule has 11 rings (SSSR count). The SMILES string of the molecule is C1=CC(c2c3ccccc3c(-c3cccc(-c4ccc5oc6c(ccc7c8ccccc8oc76)c5c4)c3)c3ccccc23)CC=C1c1ccccc1. The van der Waals surface area contributed by atoms with Crippen LogP contribution in [0.15, 0.2) is 185 Å². The highest BCUT2D eigenvalue weighted by Crippen LogP contribution is 2.45. The molecule has 0 aliphatic heterocycles. The van der Waals surface area contributed by atoms with Crippen LogP contribution in [0.4, 0.5) is 0 Å². The molecular formula is C50H32O2. The minimum absolute atomic E-state index is 0.292. The number of hydrogen-bond donors (Lipinski definition) is 0.